The number of carbonyl (C=O) groups is 2. The zero-order chi connectivity index (χ0) is 25.2. The summed E-state index contributed by atoms with van der Waals surface area (Å²) in [4.78, 5) is 27.6. The van der Waals surface area contributed by atoms with E-state index >= 15 is 0 Å². The number of benzene rings is 1. The fraction of sp³-hybridized carbons (Fsp3) is 0.630. The van der Waals surface area contributed by atoms with Gasteiger partial charge >= 0.3 is 5.97 Å². The molecule has 1 amide bonds. The summed E-state index contributed by atoms with van der Waals surface area (Å²) in [6.45, 7) is 5.21. The number of carboxylic acids is 1. The summed E-state index contributed by atoms with van der Waals surface area (Å²) in [6, 6.07) is 2.92. The number of carbonyl (C=O) groups excluding carboxylic acids is 1. The quantitative estimate of drug-likeness (QED) is 0.343. The van der Waals surface area contributed by atoms with Crippen LogP contribution < -0.4 is 14.2 Å². The number of nitrogens with zero attached hydrogens (tertiary/aromatic N) is 1. The lowest BCUT2D eigenvalue weighted by Gasteiger charge is -2.39. The molecule has 8 nitrogen and oxygen atoms in total. The Bertz CT molecular complexity index is 865. The molecule has 2 fully saturated rings. The van der Waals surface area contributed by atoms with Crippen molar-refractivity contribution in [2.24, 2.45) is 5.92 Å². The summed E-state index contributed by atoms with van der Waals surface area (Å²) in [5, 5.41) is 9.81. The lowest BCUT2D eigenvalue weighted by molar-refractivity contribution is -0.153. The summed E-state index contributed by atoms with van der Waals surface area (Å²) in [5.74, 6) is 0.0352. The molecule has 0 radical (unpaired) electrons. The van der Waals surface area contributed by atoms with Crippen LogP contribution in [0.5, 0.6) is 17.2 Å². The van der Waals surface area contributed by atoms with Gasteiger partial charge in [-0.2, -0.15) is 0 Å². The van der Waals surface area contributed by atoms with E-state index in [9.17, 15) is 14.7 Å². The van der Waals surface area contributed by atoms with Crippen LogP contribution in [0.3, 0.4) is 0 Å². The van der Waals surface area contributed by atoms with Crippen molar-refractivity contribution in [3.05, 3.63) is 30.4 Å². The van der Waals surface area contributed by atoms with E-state index < -0.39 is 17.9 Å². The van der Waals surface area contributed by atoms with Gasteiger partial charge in [-0.3, -0.25) is 4.79 Å². The maximum Gasteiger partial charge on any atom is 0.326 e. The molecule has 1 unspecified atom stereocenters. The highest BCUT2D eigenvalue weighted by Gasteiger charge is 2.40. The van der Waals surface area contributed by atoms with E-state index in [4.69, 9.17) is 18.9 Å². The van der Waals surface area contributed by atoms with E-state index in [2.05, 4.69) is 6.58 Å². The number of piperidine rings is 1. The Morgan fingerprint density at radius 2 is 1.77 bits per heavy atom. The molecule has 35 heavy (non-hydrogen) atoms. The van der Waals surface area contributed by atoms with Crippen molar-refractivity contribution in [3.63, 3.8) is 0 Å². The molecule has 3 rings (SSSR count). The number of rotatable bonds is 12. The topological polar surface area (TPSA) is 94.5 Å². The Labute approximate surface area is 208 Å². The third kappa shape index (κ3) is 6.69. The SMILES string of the molecule is C=CCOCCOc1cc(C(C(=O)N2CCCC[C@H]2C(=O)O)C2CCCCC2)cc(OC)c1OC. The van der Waals surface area contributed by atoms with Crippen LogP contribution in [0.15, 0.2) is 24.8 Å². The monoisotopic (exact) mass is 489 g/mol. The van der Waals surface area contributed by atoms with Crippen LogP contribution in [0.4, 0.5) is 0 Å². The van der Waals surface area contributed by atoms with Crippen LogP contribution in [0.1, 0.15) is 62.8 Å². The van der Waals surface area contributed by atoms with Gasteiger partial charge in [-0.25, -0.2) is 4.79 Å². The molecule has 2 aliphatic rings. The standard InChI is InChI=1S/C27H39NO7/c1-4-14-34-15-16-35-23-18-20(17-22(32-2)25(23)33-3)24(19-10-6-5-7-11-19)26(29)28-13-9-8-12-21(28)27(30)31/h4,17-19,21,24H,1,5-16H2,2-3H3,(H,30,31)/t21-,24?/m0/s1. The number of methoxy groups -OCH3 is 2. The average Bonchev–Trinajstić information content (AvgIpc) is 2.88. The second-order valence-electron chi connectivity index (χ2n) is 9.22. The molecular formula is C27H39NO7. The Hall–Kier alpha value is -2.74. The molecule has 1 aromatic carbocycles. The first-order valence-electron chi connectivity index (χ1n) is 12.6. The normalized spacial score (nSPS) is 19.6. The van der Waals surface area contributed by atoms with Crippen molar-refractivity contribution in [2.45, 2.75) is 63.3 Å². The third-order valence-electron chi connectivity index (χ3n) is 7.01. The van der Waals surface area contributed by atoms with Gasteiger partial charge in [-0.1, -0.05) is 25.3 Å². The first-order valence-corrected chi connectivity index (χ1v) is 12.6. The van der Waals surface area contributed by atoms with E-state index in [-0.39, 0.29) is 11.8 Å². The zero-order valence-electron chi connectivity index (χ0n) is 21.0. The van der Waals surface area contributed by atoms with Crippen LogP contribution in [-0.2, 0) is 14.3 Å². The molecule has 0 spiro atoms. The third-order valence-corrected chi connectivity index (χ3v) is 7.01. The molecule has 1 aliphatic heterocycles. The van der Waals surface area contributed by atoms with Crippen molar-refractivity contribution in [3.8, 4) is 17.2 Å². The fourth-order valence-corrected chi connectivity index (χ4v) is 5.33. The molecule has 1 saturated heterocycles. The summed E-state index contributed by atoms with van der Waals surface area (Å²) in [7, 11) is 3.11. The number of aliphatic carboxylic acids is 1. The van der Waals surface area contributed by atoms with E-state index in [0.717, 1.165) is 50.5 Å². The molecule has 0 bridgehead atoms. The maximum absolute atomic E-state index is 14.0. The van der Waals surface area contributed by atoms with Crippen molar-refractivity contribution < 1.29 is 33.6 Å². The largest absolute Gasteiger partial charge is 0.493 e. The molecule has 1 aromatic rings. The second-order valence-corrected chi connectivity index (χ2v) is 9.22. The first kappa shape index (κ1) is 26.9. The highest BCUT2D eigenvalue weighted by molar-refractivity contribution is 5.89. The number of hydrogen-bond acceptors (Lipinski definition) is 6. The highest BCUT2D eigenvalue weighted by Crippen LogP contribution is 2.45. The van der Waals surface area contributed by atoms with E-state index in [1.54, 1.807) is 25.2 Å². The second kappa shape index (κ2) is 13.4. The molecule has 0 aromatic heterocycles. The van der Waals surface area contributed by atoms with Gasteiger partial charge in [0.15, 0.2) is 11.5 Å². The summed E-state index contributed by atoms with van der Waals surface area (Å²) in [5.41, 5.74) is 0.774. The van der Waals surface area contributed by atoms with Crippen LogP contribution in [0.2, 0.25) is 0 Å². The number of carboxylic acid groups (broad SMARTS) is 1. The predicted molar refractivity (Wildman–Crippen MR) is 132 cm³/mol. The zero-order valence-corrected chi connectivity index (χ0v) is 21.0. The number of ether oxygens (including phenoxy) is 4. The van der Waals surface area contributed by atoms with Gasteiger partial charge in [-0.05, 0) is 55.7 Å². The van der Waals surface area contributed by atoms with Gasteiger partial charge < -0.3 is 29.0 Å². The van der Waals surface area contributed by atoms with E-state index in [1.807, 2.05) is 12.1 Å². The highest BCUT2D eigenvalue weighted by atomic mass is 16.5. The van der Waals surface area contributed by atoms with Crippen molar-refractivity contribution >= 4 is 11.9 Å². The Balaban J connectivity index is 1.98. The average molecular weight is 490 g/mol. The molecule has 1 saturated carbocycles. The van der Waals surface area contributed by atoms with E-state index in [0.29, 0.717) is 50.0 Å². The Morgan fingerprint density at radius 3 is 2.43 bits per heavy atom. The van der Waals surface area contributed by atoms with Crippen LogP contribution in [0.25, 0.3) is 0 Å². The molecular weight excluding hydrogens is 450 g/mol. The summed E-state index contributed by atoms with van der Waals surface area (Å²) in [6.07, 6.45) is 8.95. The van der Waals surface area contributed by atoms with E-state index in [1.165, 1.54) is 0 Å². The Kier molecular flexibility index (Phi) is 10.3. The lowest BCUT2D eigenvalue weighted by Crippen LogP contribution is -2.50. The molecule has 194 valence electrons. The van der Waals surface area contributed by atoms with Gasteiger partial charge in [0, 0.05) is 6.54 Å². The van der Waals surface area contributed by atoms with Crippen molar-refractivity contribution in [1.82, 2.24) is 4.90 Å². The molecule has 1 heterocycles. The molecule has 1 N–H and O–H groups in total. The van der Waals surface area contributed by atoms with Crippen LogP contribution in [-0.4, -0.2) is 68.5 Å². The van der Waals surface area contributed by atoms with Crippen LogP contribution in [0, 0.1) is 5.92 Å². The molecule has 1 aliphatic carbocycles. The van der Waals surface area contributed by atoms with Gasteiger partial charge in [0.1, 0.15) is 12.6 Å². The minimum Gasteiger partial charge on any atom is -0.493 e. The van der Waals surface area contributed by atoms with Gasteiger partial charge in [0.25, 0.3) is 0 Å². The maximum atomic E-state index is 14.0. The van der Waals surface area contributed by atoms with Gasteiger partial charge in [0.2, 0.25) is 11.7 Å². The minimum absolute atomic E-state index is 0.114. The summed E-state index contributed by atoms with van der Waals surface area (Å²) >= 11 is 0. The van der Waals surface area contributed by atoms with Gasteiger partial charge in [-0.15, -0.1) is 6.58 Å². The smallest absolute Gasteiger partial charge is 0.326 e. The molecule has 8 heteroatoms. The first-order chi connectivity index (χ1) is 17.0. The van der Waals surface area contributed by atoms with Crippen molar-refractivity contribution in [1.29, 1.82) is 0 Å². The lowest BCUT2D eigenvalue weighted by atomic mass is 9.75. The minimum atomic E-state index is -0.934. The predicted octanol–water partition coefficient (Wildman–Crippen LogP) is 4.41. The number of amides is 1. The fourth-order valence-electron chi connectivity index (χ4n) is 5.33. The number of hydrogen-bond donors (Lipinski definition) is 1. The van der Waals surface area contributed by atoms with Crippen molar-refractivity contribution in [2.75, 3.05) is 40.6 Å². The molecule has 2 atom stereocenters. The van der Waals surface area contributed by atoms with Gasteiger partial charge in [0.05, 0.1) is 33.4 Å². The summed E-state index contributed by atoms with van der Waals surface area (Å²) < 4.78 is 22.6. The Morgan fingerprint density at radius 1 is 1.06 bits per heavy atom. The van der Waals surface area contributed by atoms with Crippen LogP contribution >= 0.6 is 0 Å². The number of likely N-dealkylation sites (tertiary alicyclic amines) is 1.